The quantitative estimate of drug-likeness (QED) is 0.886. The molecule has 4 rings (SSSR count). The molecule has 2 amide bonds. The minimum atomic E-state index is -0.703. The van der Waals surface area contributed by atoms with Gasteiger partial charge in [0.1, 0.15) is 11.9 Å². The molecule has 1 aromatic carbocycles. The molecule has 128 valence electrons. The maximum atomic E-state index is 13.1. The summed E-state index contributed by atoms with van der Waals surface area (Å²) >= 11 is 0. The predicted octanol–water partition coefficient (Wildman–Crippen LogP) is 1.06. The van der Waals surface area contributed by atoms with Crippen LogP contribution in [0.15, 0.2) is 24.3 Å². The number of rotatable bonds is 2. The Hall–Kier alpha value is -2.96. The third-order valence-corrected chi connectivity index (χ3v) is 4.91. The third kappa shape index (κ3) is 2.61. The first-order valence-electron chi connectivity index (χ1n) is 8.33. The van der Waals surface area contributed by atoms with E-state index in [4.69, 9.17) is 5.73 Å². The Balaban J connectivity index is 1.68. The van der Waals surface area contributed by atoms with Gasteiger partial charge in [0, 0.05) is 5.56 Å². The van der Waals surface area contributed by atoms with Crippen molar-refractivity contribution in [1.29, 1.82) is 0 Å². The Bertz CT molecular complexity index is 899. The van der Waals surface area contributed by atoms with Crippen LogP contribution in [0, 0.1) is 6.92 Å². The molecule has 2 aliphatic rings. The van der Waals surface area contributed by atoms with Gasteiger partial charge in [0.05, 0.1) is 13.1 Å². The number of carbonyl (C=O) groups excluding carboxylic acids is 2. The van der Waals surface area contributed by atoms with Crippen LogP contribution in [0.3, 0.4) is 0 Å². The molecule has 2 aromatic rings. The molecule has 1 unspecified atom stereocenters. The van der Waals surface area contributed by atoms with E-state index in [1.165, 1.54) is 4.90 Å². The number of hydrogen-bond donors (Lipinski definition) is 1. The summed E-state index contributed by atoms with van der Waals surface area (Å²) in [5.41, 5.74) is 8.43. The zero-order valence-electron chi connectivity index (χ0n) is 14.0. The van der Waals surface area contributed by atoms with Gasteiger partial charge in [-0.15, -0.1) is 10.2 Å². The molecule has 0 fully saturated rings. The number of benzene rings is 1. The number of nitrogens with zero attached hydrogens (tertiary/aromatic N) is 4. The molecule has 1 aliphatic heterocycles. The van der Waals surface area contributed by atoms with Gasteiger partial charge in [-0.1, -0.05) is 18.2 Å². The summed E-state index contributed by atoms with van der Waals surface area (Å²) in [7, 11) is 0. The summed E-state index contributed by atoms with van der Waals surface area (Å²) in [6.07, 6.45) is 6.10. The lowest BCUT2D eigenvalue weighted by Crippen LogP contribution is -2.53. The van der Waals surface area contributed by atoms with Crippen LogP contribution >= 0.6 is 0 Å². The Kier molecular flexibility index (Phi) is 3.63. The molecule has 25 heavy (non-hydrogen) atoms. The molecular weight excluding hydrogens is 318 g/mol. The number of nitrogens with two attached hydrogens (primary N) is 1. The number of primary amides is 1. The molecule has 7 heteroatoms. The minimum Gasteiger partial charge on any atom is -0.368 e. The predicted molar refractivity (Wildman–Crippen MR) is 91.4 cm³/mol. The van der Waals surface area contributed by atoms with Gasteiger partial charge in [-0.3, -0.25) is 9.59 Å². The number of fused-ring (bicyclic) bond motifs is 2. The molecule has 0 saturated carbocycles. The van der Waals surface area contributed by atoms with Crippen LogP contribution in [0.25, 0.3) is 6.08 Å². The molecule has 1 aromatic heterocycles. The fourth-order valence-corrected chi connectivity index (χ4v) is 3.50. The zero-order valence-corrected chi connectivity index (χ0v) is 14.0. The molecule has 7 nitrogen and oxygen atoms in total. The van der Waals surface area contributed by atoms with E-state index in [1.54, 1.807) is 6.07 Å². The zero-order chi connectivity index (χ0) is 17.6. The first-order valence-corrected chi connectivity index (χ1v) is 8.33. The number of aromatic nitrogens is 3. The SMILES string of the molecule is Cc1nnc2n1CC(C(N)=O)N(C(=O)c1ccc3c(c1)CCC=C3)C2. The van der Waals surface area contributed by atoms with Gasteiger partial charge in [-0.25, -0.2) is 0 Å². The third-order valence-electron chi connectivity index (χ3n) is 4.91. The average molecular weight is 337 g/mol. The van der Waals surface area contributed by atoms with Crippen molar-refractivity contribution >= 4 is 17.9 Å². The van der Waals surface area contributed by atoms with Gasteiger partial charge in [0.25, 0.3) is 5.91 Å². The summed E-state index contributed by atoms with van der Waals surface area (Å²) in [5, 5.41) is 8.14. The Morgan fingerprint density at radius 2 is 2.12 bits per heavy atom. The van der Waals surface area contributed by atoms with Gasteiger partial charge in [0.2, 0.25) is 5.91 Å². The summed E-state index contributed by atoms with van der Waals surface area (Å²) in [6.45, 7) is 2.34. The van der Waals surface area contributed by atoms with Crippen molar-refractivity contribution in [2.75, 3.05) is 0 Å². The maximum Gasteiger partial charge on any atom is 0.255 e. The Labute approximate surface area is 145 Å². The van der Waals surface area contributed by atoms with E-state index < -0.39 is 11.9 Å². The van der Waals surface area contributed by atoms with Crippen molar-refractivity contribution in [3.8, 4) is 0 Å². The molecule has 0 saturated heterocycles. The smallest absolute Gasteiger partial charge is 0.255 e. The molecular formula is C18H19N5O2. The standard InChI is InChI=1S/C18H19N5O2/c1-11-20-21-16-10-23(15(17(19)24)9-22(11)16)18(25)14-7-6-12-4-2-3-5-13(12)8-14/h2,4,6-8,15H,3,5,9-10H2,1H3,(H2,19,24). The van der Waals surface area contributed by atoms with Crippen molar-refractivity contribution in [1.82, 2.24) is 19.7 Å². The highest BCUT2D eigenvalue weighted by atomic mass is 16.2. The fraction of sp³-hybridized carbons (Fsp3) is 0.333. The first kappa shape index (κ1) is 15.6. The van der Waals surface area contributed by atoms with Crippen LogP contribution in [-0.2, 0) is 24.3 Å². The van der Waals surface area contributed by atoms with E-state index in [-0.39, 0.29) is 12.5 Å². The maximum absolute atomic E-state index is 13.1. The lowest BCUT2D eigenvalue weighted by Gasteiger charge is -2.34. The molecule has 0 bridgehead atoms. The number of hydrogen-bond acceptors (Lipinski definition) is 4. The lowest BCUT2D eigenvalue weighted by molar-refractivity contribution is -0.123. The van der Waals surface area contributed by atoms with Crippen molar-refractivity contribution in [2.45, 2.75) is 38.9 Å². The van der Waals surface area contributed by atoms with Crippen LogP contribution in [0.4, 0.5) is 0 Å². The van der Waals surface area contributed by atoms with Crippen LogP contribution in [0.1, 0.15) is 39.6 Å². The van der Waals surface area contributed by atoms with Crippen LogP contribution < -0.4 is 5.73 Å². The molecule has 2 N–H and O–H groups in total. The second-order valence-electron chi connectivity index (χ2n) is 6.48. The topological polar surface area (TPSA) is 94.1 Å². The highest BCUT2D eigenvalue weighted by Gasteiger charge is 2.35. The van der Waals surface area contributed by atoms with Gasteiger partial charge >= 0.3 is 0 Å². The van der Waals surface area contributed by atoms with Gasteiger partial charge in [0.15, 0.2) is 5.82 Å². The molecule has 1 aliphatic carbocycles. The van der Waals surface area contributed by atoms with Crippen molar-refractivity contribution in [2.24, 2.45) is 5.73 Å². The van der Waals surface area contributed by atoms with Gasteiger partial charge in [-0.2, -0.15) is 0 Å². The van der Waals surface area contributed by atoms with E-state index in [0.29, 0.717) is 23.8 Å². The molecule has 1 atom stereocenters. The van der Waals surface area contributed by atoms with Crippen molar-refractivity contribution in [3.63, 3.8) is 0 Å². The highest BCUT2D eigenvalue weighted by Crippen LogP contribution is 2.24. The van der Waals surface area contributed by atoms with Crippen molar-refractivity contribution < 1.29 is 9.59 Å². The second-order valence-corrected chi connectivity index (χ2v) is 6.48. The number of carbonyl (C=O) groups is 2. The second kappa shape index (κ2) is 5.84. The minimum absolute atomic E-state index is 0.201. The van der Waals surface area contributed by atoms with Gasteiger partial charge < -0.3 is 15.2 Å². The largest absolute Gasteiger partial charge is 0.368 e. The van der Waals surface area contributed by atoms with Crippen LogP contribution in [0.5, 0.6) is 0 Å². The molecule has 0 radical (unpaired) electrons. The number of allylic oxidation sites excluding steroid dienone is 1. The van der Waals surface area contributed by atoms with Gasteiger partial charge in [-0.05, 0) is 43.0 Å². The van der Waals surface area contributed by atoms with E-state index in [0.717, 1.165) is 24.0 Å². The highest BCUT2D eigenvalue weighted by molar-refractivity contribution is 5.97. The first-order chi connectivity index (χ1) is 12.0. The summed E-state index contributed by atoms with van der Waals surface area (Å²) in [4.78, 5) is 26.5. The summed E-state index contributed by atoms with van der Waals surface area (Å²) in [6, 6.07) is 4.97. The van der Waals surface area contributed by atoms with Crippen molar-refractivity contribution in [3.05, 3.63) is 52.6 Å². The van der Waals surface area contributed by atoms with E-state index >= 15 is 0 Å². The summed E-state index contributed by atoms with van der Waals surface area (Å²) in [5.74, 6) is 0.666. The van der Waals surface area contributed by atoms with E-state index in [9.17, 15) is 9.59 Å². The normalized spacial score (nSPS) is 18.6. The lowest BCUT2D eigenvalue weighted by atomic mass is 9.95. The number of amides is 2. The van der Waals surface area contributed by atoms with E-state index in [2.05, 4.69) is 22.3 Å². The monoisotopic (exact) mass is 337 g/mol. The average Bonchev–Trinajstić information content (AvgIpc) is 3.00. The summed E-state index contributed by atoms with van der Waals surface area (Å²) < 4.78 is 1.84. The number of aryl methyl sites for hydroxylation is 2. The van der Waals surface area contributed by atoms with Crippen LogP contribution in [0.2, 0.25) is 0 Å². The Morgan fingerprint density at radius 1 is 1.28 bits per heavy atom. The van der Waals surface area contributed by atoms with Crippen LogP contribution in [-0.4, -0.2) is 37.5 Å². The Morgan fingerprint density at radius 3 is 2.92 bits per heavy atom. The van der Waals surface area contributed by atoms with E-state index in [1.807, 2.05) is 23.6 Å². The fourth-order valence-electron chi connectivity index (χ4n) is 3.50. The molecule has 2 heterocycles. The molecule has 0 spiro atoms.